The molecule has 0 aliphatic carbocycles. The molecule has 9 heavy (non-hydrogen) atoms. The van der Waals surface area contributed by atoms with Gasteiger partial charge >= 0.3 is 0 Å². The first kappa shape index (κ1) is 9.05. The summed E-state index contributed by atoms with van der Waals surface area (Å²) in [6.45, 7) is 6.35. The molecule has 0 bridgehead atoms. The Kier molecular flexibility index (Phi) is 4.91. The Morgan fingerprint density at radius 2 is 2.22 bits per heavy atom. The molecule has 0 spiro atoms. The molecule has 0 atom stereocenters. The first-order valence-corrected chi connectivity index (χ1v) is 3.70. The molecule has 0 heterocycles. The second-order valence-corrected chi connectivity index (χ2v) is 2.56. The van der Waals surface area contributed by atoms with Crippen LogP contribution in [-0.4, -0.2) is 25.0 Å². The molecule has 0 aliphatic rings. The van der Waals surface area contributed by atoms with Crippen LogP contribution in [0.4, 0.5) is 0 Å². The Balaban J connectivity index is 3.47. The van der Waals surface area contributed by atoms with Crippen molar-refractivity contribution >= 4 is 12.6 Å². The number of hydrogen-bond acceptors (Lipinski definition) is 2. The third-order valence-electron chi connectivity index (χ3n) is 1.28. The molecule has 0 N–H and O–H groups in total. The molecule has 0 unspecified atom stereocenters. The molecule has 0 saturated heterocycles. The lowest BCUT2D eigenvalue weighted by atomic mass is 10.3. The van der Waals surface area contributed by atoms with Gasteiger partial charge < -0.3 is 4.90 Å². The zero-order chi connectivity index (χ0) is 7.28. The van der Waals surface area contributed by atoms with Crippen molar-refractivity contribution in [2.24, 2.45) is 0 Å². The van der Waals surface area contributed by atoms with E-state index in [2.05, 4.69) is 38.4 Å². The molecule has 0 fully saturated rings. The van der Waals surface area contributed by atoms with Gasteiger partial charge in [0.05, 0.1) is 0 Å². The van der Waals surface area contributed by atoms with E-state index in [9.17, 15) is 0 Å². The van der Waals surface area contributed by atoms with Crippen LogP contribution >= 0.6 is 12.6 Å². The molecule has 0 rings (SSSR count). The lowest BCUT2D eigenvalue weighted by Crippen LogP contribution is -2.19. The van der Waals surface area contributed by atoms with Gasteiger partial charge in [-0.05, 0) is 25.9 Å². The molecule has 0 saturated carbocycles. The number of likely N-dealkylation sites (N-methyl/N-ethyl adjacent to an activating group) is 1. The van der Waals surface area contributed by atoms with Gasteiger partial charge in [-0.2, -0.15) is 12.6 Å². The molecule has 0 radical (unpaired) electrons. The van der Waals surface area contributed by atoms with E-state index in [0.29, 0.717) is 0 Å². The van der Waals surface area contributed by atoms with E-state index in [-0.39, 0.29) is 0 Å². The van der Waals surface area contributed by atoms with Crippen LogP contribution in [0.15, 0.2) is 11.0 Å². The van der Waals surface area contributed by atoms with Crippen LogP contribution in [0, 0.1) is 0 Å². The second-order valence-electron chi connectivity index (χ2n) is 2.31. The summed E-state index contributed by atoms with van der Waals surface area (Å²) in [5.74, 6) is 0. The highest BCUT2D eigenvalue weighted by molar-refractivity contribution is 7.83. The predicted octanol–water partition coefficient (Wildman–Crippen LogP) is 1.77. The molecule has 0 amide bonds. The van der Waals surface area contributed by atoms with Gasteiger partial charge in [0.15, 0.2) is 0 Å². The monoisotopic (exact) mass is 145 g/mol. The zero-order valence-electron chi connectivity index (χ0n) is 6.39. The summed E-state index contributed by atoms with van der Waals surface area (Å²) < 4.78 is 0. The third kappa shape index (κ3) is 4.55. The van der Waals surface area contributed by atoms with E-state index in [4.69, 9.17) is 0 Å². The SMILES string of the molecule is CCN(C)C/C(C)=C/S. The standard InChI is InChI=1S/C7H15NS/c1-4-8(3)5-7(2)6-9/h6,9H,4-5H2,1-3H3/b7-6+. The fourth-order valence-corrected chi connectivity index (χ4v) is 0.660. The highest BCUT2D eigenvalue weighted by Crippen LogP contribution is 1.96. The summed E-state index contributed by atoms with van der Waals surface area (Å²) in [5.41, 5.74) is 1.31. The average molecular weight is 145 g/mol. The lowest BCUT2D eigenvalue weighted by molar-refractivity contribution is 0.384. The second kappa shape index (κ2) is 4.89. The normalized spacial score (nSPS) is 12.8. The number of rotatable bonds is 3. The van der Waals surface area contributed by atoms with Crippen LogP contribution in [0.3, 0.4) is 0 Å². The predicted molar refractivity (Wildman–Crippen MR) is 45.9 cm³/mol. The molecular weight excluding hydrogens is 130 g/mol. The van der Waals surface area contributed by atoms with Gasteiger partial charge in [-0.3, -0.25) is 0 Å². The summed E-state index contributed by atoms with van der Waals surface area (Å²) in [7, 11) is 2.10. The van der Waals surface area contributed by atoms with Gasteiger partial charge in [0.25, 0.3) is 0 Å². The summed E-state index contributed by atoms with van der Waals surface area (Å²) in [5, 5.41) is 1.85. The van der Waals surface area contributed by atoms with Crippen molar-refractivity contribution in [3.8, 4) is 0 Å². The minimum Gasteiger partial charge on any atom is -0.303 e. The Bertz CT molecular complexity index is 99.1. The average Bonchev–Trinajstić information content (AvgIpc) is 1.87. The van der Waals surface area contributed by atoms with Gasteiger partial charge in [0, 0.05) is 6.54 Å². The van der Waals surface area contributed by atoms with E-state index in [0.717, 1.165) is 13.1 Å². The maximum absolute atomic E-state index is 4.04. The molecule has 0 aromatic heterocycles. The van der Waals surface area contributed by atoms with Crippen molar-refractivity contribution in [3.63, 3.8) is 0 Å². The van der Waals surface area contributed by atoms with Crippen molar-refractivity contribution < 1.29 is 0 Å². The van der Waals surface area contributed by atoms with Crippen LogP contribution in [0.5, 0.6) is 0 Å². The quantitative estimate of drug-likeness (QED) is 0.592. The Morgan fingerprint density at radius 3 is 2.56 bits per heavy atom. The van der Waals surface area contributed by atoms with Crippen LogP contribution in [-0.2, 0) is 0 Å². The summed E-state index contributed by atoms with van der Waals surface area (Å²) in [4.78, 5) is 2.24. The van der Waals surface area contributed by atoms with Crippen molar-refractivity contribution in [1.82, 2.24) is 4.90 Å². The highest BCUT2D eigenvalue weighted by Gasteiger charge is 1.92. The molecule has 0 aliphatic heterocycles. The zero-order valence-corrected chi connectivity index (χ0v) is 7.28. The molecular formula is C7H15NS. The fourth-order valence-electron chi connectivity index (χ4n) is 0.578. The van der Waals surface area contributed by atoms with E-state index in [1.54, 1.807) is 0 Å². The smallest absolute Gasteiger partial charge is 0.0195 e. The first-order valence-electron chi connectivity index (χ1n) is 3.19. The Morgan fingerprint density at radius 1 is 1.67 bits per heavy atom. The Hall–Kier alpha value is 0.0500. The van der Waals surface area contributed by atoms with Gasteiger partial charge in [0.1, 0.15) is 0 Å². The maximum Gasteiger partial charge on any atom is 0.0195 e. The van der Waals surface area contributed by atoms with Crippen molar-refractivity contribution in [2.45, 2.75) is 13.8 Å². The van der Waals surface area contributed by atoms with E-state index in [1.807, 2.05) is 5.41 Å². The lowest BCUT2D eigenvalue weighted by Gasteiger charge is -2.12. The number of nitrogens with zero attached hydrogens (tertiary/aromatic N) is 1. The van der Waals surface area contributed by atoms with Crippen molar-refractivity contribution in [1.29, 1.82) is 0 Å². The number of thiol groups is 1. The minimum atomic E-state index is 1.03. The largest absolute Gasteiger partial charge is 0.303 e. The van der Waals surface area contributed by atoms with Crippen LogP contribution < -0.4 is 0 Å². The fraction of sp³-hybridized carbons (Fsp3) is 0.714. The molecule has 2 heteroatoms. The van der Waals surface area contributed by atoms with E-state index >= 15 is 0 Å². The summed E-state index contributed by atoms with van der Waals surface area (Å²) in [6, 6.07) is 0. The van der Waals surface area contributed by atoms with E-state index < -0.39 is 0 Å². The van der Waals surface area contributed by atoms with Crippen LogP contribution in [0.2, 0.25) is 0 Å². The molecule has 54 valence electrons. The van der Waals surface area contributed by atoms with Gasteiger partial charge in [-0.25, -0.2) is 0 Å². The van der Waals surface area contributed by atoms with E-state index in [1.165, 1.54) is 5.57 Å². The van der Waals surface area contributed by atoms with Gasteiger partial charge in [0.2, 0.25) is 0 Å². The summed E-state index contributed by atoms with van der Waals surface area (Å²) in [6.07, 6.45) is 0. The topological polar surface area (TPSA) is 3.24 Å². The molecule has 0 aromatic carbocycles. The molecule has 1 nitrogen and oxygen atoms in total. The highest BCUT2D eigenvalue weighted by atomic mass is 32.1. The third-order valence-corrected chi connectivity index (χ3v) is 1.72. The van der Waals surface area contributed by atoms with Crippen molar-refractivity contribution in [3.05, 3.63) is 11.0 Å². The maximum atomic E-state index is 4.04. The summed E-state index contributed by atoms with van der Waals surface area (Å²) >= 11 is 4.04. The first-order chi connectivity index (χ1) is 4.20. The van der Waals surface area contributed by atoms with Crippen molar-refractivity contribution in [2.75, 3.05) is 20.1 Å². The van der Waals surface area contributed by atoms with Crippen LogP contribution in [0.25, 0.3) is 0 Å². The minimum absolute atomic E-state index is 1.03. The van der Waals surface area contributed by atoms with Crippen LogP contribution in [0.1, 0.15) is 13.8 Å². The van der Waals surface area contributed by atoms with Gasteiger partial charge in [-0.1, -0.05) is 12.5 Å². The number of hydrogen-bond donors (Lipinski definition) is 1. The van der Waals surface area contributed by atoms with Gasteiger partial charge in [-0.15, -0.1) is 0 Å². The Labute approximate surface area is 63.2 Å². The molecule has 0 aromatic rings.